The van der Waals surface area contributed by atoms with E-state index in [1.54, 1.807) is 61.5 Å². The van der Waals surface area contributed by atoms with Gasteiger partial charge in [0.1, 0.15) is 0 Å². The molecule has 3 aromatic rings. The fourth-order valence-electron chi connectivity index (χ4n) is 2.52. The molecule has 1 amide bonds. The van der Waals surface area contributed by atoms with Crippen molar-refractivity contribution in [1.82, 2.24) is 0 Å². The van der Waals surface area contributed by atoms with Gasteiger partial charge in [-0.05, 0) is 55.8 Å². The number of nitrogens with one attached hydrogen (secondary N) is 2. The van der Waals surface area contributed by atoms with Crippen molar-refractivity contribution < 1.29 is 13.2 Å². The topological polar surface area (TPSA) is 75.3 Å². The summed E-state index contributed by atoms with van der Waals surface area (Å²) in [6.07, 6.45) is 0. The first-order valence-electron chi connectivity index (χ1n) is 8.42. The Morgan fingerprint density at radius 3 is 2.19 bits per heavy atom. The molecule has 0 aliphatic heterocycles. The van der Waals surface area contributed by atoms with E-state index in [1.807, 2.05) is 25.1 Å². The monoisotopic (exact) mass is 380 g/mol. The molecule has 3 rings (SSSR count). The first kappa shape index (κ1) is 18.7. The number of carbonyl (C=O) groups is 1. The van der Waals surface area contributed by atoms with Gasteiger partial charge in [0.25, 0.3) is 15.9 Å². The quantitative estimate of drug-likeness (QED) is 0.691. The van der Waals surface area contributed by atoms with Gasteiger partial charge in [-0.1, -0.05) is 42.0 Å². The van der Waals surface area contributed by atoms with Gasteiger partial charge in [0.15, 0.2) is 0 Å². The lowest BCUT2D eigenvalue weighted by atomic mass is 10.1. The minimum Gasteiger partial charge on any atom is -0.322 e. The third kappa shape index (κ3) is 4.54. The summed E-state index contributed by atoms with van der Waals surface area (Å²) in [5.41, 5.74) is 3.11. The fourth-order valence-corrected chi connectivity index (χ4v) is 3.64. The van der Waals surface area contributed by atoms with Gasteiger partial charge >= 0.3 is 0 Å². The van der Waals surface area contributed by atoms with Crippen LogP contribution in [0.2, 0.25) is 0 Å². The van der Waals surface area contributed by atoms with Crippen LogP contribution in [-0.2, 0) is 10.0 Å². The molecule has 27 heavy (non-hydrogen) atoms. The van der Waals surface area contributed by atoms with Crippen LogP contribution in [0.15, 0.2) is 77.7 Å². The van der Waals surface area contributed by atoms with Crippen molar-refractivity contribution in [3.05, 3.63) is 89.5 Å². The van der Waals surface area contributed by atoms with Gasteiger partial charge in [-0.2, -0.15) is 0 Å². The largest absolute Gasteiger partial charge is 0.322 e. The lowest BCUT2D eigenvalue weighted by Gasteiger charge is -2.13. The van der Waals surface area contributed by atoms with Crippen LogP contribution in [0, 0.1) is 13.8 Å². The average molecular weight is 380 g/mol. The minimum absolute atomic E-state index is 0.173. The number of anilines is 2. The number of aryl methyl sites for hydroxylation is 2. The molecule has 2 N–H and O–H groups in total. The molecule has 0 aromatic heterocycles. The third-order valence-corrected chi connectivity index (χ3v) is 5.49. The van der Waals surface area contributed by atoms with E-state index in [9.17, 15) is 13.2 Å². The second-order valence-corrected chi connectivity index (χ2v) is 7.95. The Hall–Kier alpha value is -3.12. The highest BCUT2D eigenvalue weighted by atomic mass is 32.2. The molecule has 0 atom stereocenters. The molecule has 0 aliphatic carbocycles. The Balaban J connectivity index is 1.85. The van der Waals surface area contributed by atoms with Crippen molar-refractivity contribution in [1.29, 1.82) is 0 Å². The molecule has 0 saturated heterocycles. The second-order valence-electron chi connectivity index (χ2n) is 6.27. The van der Waals surface area contributed by atoms with Gasteiger partial charge in [0.2, 0.25) is 0 Å². The molecular weight excluding hydrogens is 360 g/mol. The number of carbonyl (C=O) groups excluding carboxylic acids is 1. The number of para-hydroxylation sites is 1. The Morgan fingerprint density at radius 2 is 1.52 bits per heavy atom. The Bertz CT molecular complexity index is 1060. The number of rotatable bonds is 5. The zero-order chi connectivity index (χ0) is 19.4. The first-order valence-corrected chi connectivity index (χ1v) is 9.90. The molecule has 0 saturated carbocycles. The maximum atomic E-state index is 12.6. The van der Waals surface area contributed by atoms with Crippen LogP contribution in [0.1, 0.15) is 21.5 Å². The van der Waals surface area contributed by atoms with E-state index in [-0.39, 0.29) is 10.8 Å². The first-order chi connectivity index (χ1) is 12.8. The van der Waals surface area contributed by atoms with Crippen LogP contribution in [0.4, 0.5) is 11.4 Å². The molecule has 0 radical (unpaired) electrons. The highest BCUT2D eigenvalue weighted by molar-refractivity contribution is 7.92. The number of sulfonamides is 1. The predicted octanol–water partition coefficient (Wildman–Crippen LogP) is 4.36. The van der Waals surface area contributed by atoms with Crippen molar-refractivity contribution in [3.8, 4) is 0 Å². The van der Waals surface area contributed by atoms with Crippen LogP contribution in [-0.4, -0.2) is 14.3 Å². The highest BCUT2D eigenvalue weighted by Gasteiger charge is 2.16. The summed E-state index contributed by atoms with van der Waals surface area (Å²) >= 11 is 0. The molecule has 6 heteroatoms. The molecule has 5 nitrogen and oxygen atoms in total. The lowest BCUT2D eigenvalue weighted by Crippen LogP contribution is -2.16. The van der Waals surface area contributed by atoms with Crippen LogP contribution >= 0.6 is 0 Å². The summed E-state index contributed by atoms with van der Waals surface area (Å²) in [5.74, 6) is -0.308. The van der Waals surface area contributed by atoms with Crippen molar-refractivity contribution in [2.75, 3.05) is 10.0 Å². The summed E-state index contributed by atoms with van der Waals surface area (Å²) in [6, 6.07) is 20.6. The van der Waals surface area contributed by atoms with E-state index in [0.29, 0.717) is 16.9 Å². The fraction of sp³-hybridized carbons (Fsp3) is 0.0952. The highest BCUT2D eigenvalue weighted by Crippen LogP contribution is 2.22. The van der Waals surface area contributed by atoms with E-state index in [0.717, 1.165) is 11.1 Å². The van der Waals surface area contributed by atoms with Crippen LogP contribution < -0.4 is 10.0 Å². The Kier molecular flexibility index (Phi) is 5.28. The normalized spacial score (nSPS) is 11.0. The smallest absolute Gasteiger partial charge is 0.261 e. The zero-order valence-electron chi connectivity index (χ0n) is 15.1. The van der Waals surface area contributed by atoms with E-state index >= 15 is 0 Å². The summed E-state index contributed by atoms with van der Waals surface area (Å²) in [4.78, 5) is 12.6. The number of hydrogen-bond acceptors (Lipinski definition) is 3. The summed E-state index contributed by atoms with van der Waals surface area (Å²) in [5, 5.41) is 2.79. The van der Waals surface area contributed by atoms with Gasteiger partial charge in [0.05, 0.1) is 10.6 Å². The summed E-state index contributed by atoms with van der Waals surface area (Å²) < 4.78 is 27.8. The Labute approximate surface area is 159 Å². The maximum absolute atomic E-state index is 12.6. The molecular formula is C21H20N2O3S. The molecule has 0 aliphatic rings. The molecule has 138 valence electrons. The van der Waals surface area contributed by atoms with E-state index < -0.39 is 10.0 Å². The van der Waals surface area contributed by atoms with Gasteiger partial charge in [-0.25, -0.2) is 8.42 Å². The lowest BCUT2D eigenvalue weighted by molar-refractivity contribution is 0.102. The molecule has 0 heterocycles. The predicted molar refractivity (Wildman–Crippen MR) is 108 cm³/mol. The molecule has 0 unspecified atom stereocenters. The summed E-state index contributed by atoms with van der Waals surface area (Å²) in [7, 11) is -3.74. The molecule has 3 aromatic carbocycles. The maximum Gasteiger partial charge on any atom is 0.261 e. The Morgan fingerprint density at radius 1 is 0.852 bits per heavy atom. The van der Waals surface area contributed by atoms with E-state index in [1.165, 1.54) is 0 Å². The van der Waals surface area contributed by atoms with Crippen LogP contribution in [0.5, 0.6) is 0 Å². The van der Waals surface area contributed by atoms with Gasteiger partial charge in [-0.3, -0.25) is 9.52 Å². The van der Waals surface area contributed by atoms with Crippen LogP contribution in [0.3, 0.4) is 0 Å². The van der Waals surface area contributed by atoms with Crippen molar-refractivity contribution in [2.45, 2.75) is 18.7 Å². The number of amides is 1. The SMILES string of the molecule is Cc1ccc(S(=O)(=O)Nc2cc(C(=O)Nc3ccccc3)ccc2C)cc1. The average Bonchev–Trinajstić information content (AvgIpc) is 2.64. The minimum atomic E-state index is -3.74. The zero-order valence-corrected chi connectivity index (χ0v) is 15.9. The molecule has 0 bridgehead atoms. The summed E-state index contributed by atoms with van der Waals surface area (Å²) in [6.45, 7) is 3.68. The van der Waals surface area contributed by atoms with Crippen LogP contribution in [0.25, 0.3) is 0 Å². The van der Waals surface area contributed by atoms with Gasteiger partial charge < -0.3 is 5.32 Å². The number of hydrogen-bond donors (Lipinski definition) is 2. The standard InChI is InChI=1S/C21H20N2O3S/c1-15-8-12-19(13-9-15)27(25,26)23-20-14-17(11-10-16(20)2)21(24)22-18-6-4-3-5-7-18/h3-14,23H,1-2H3,(H,22,24). The third-order valence-electron chi connectivity index (χ3n) is 4.11. The van der Waals surface area contributed by atoms with Gasteiger partial charge in [-0.15, -0.1) is 0 Å². The number of benzene rings is 3. The van der Waals surface area contributed by atoms with E-state index in [2.05, 4.69) is 10.0 Å². The van der Waals surface area contributed by atoms with Crippen molar-refractivity contribution in [3.63, 3.8) is 0 Å². The molecule has 0 spiro atoms. The molecule has 0 fully saturated rings. The van der Waals surface area contributed by atoms with Gasteiger partial charge in [0, 0.05) is 11.3 Å². The van der Waals surface area contributed by atoms with E-state index in [4.69, 9.17) is 0 Å². The second kappa shape index (κ2) is 7.63. The van der Waals surface area contributed by atoms with Crippen molar-refractivity contribution >= 4 is 27.3 Å². The van der Waals surface area contributed by atoms with Crippen molar-refractivity contribution in [2.24, 2.45) is 0 Å².